The summed E-state index contributed by atoms with van der Waals surface area (Å²) >= 11 is 6.64. The van der Waals surface area contributed by atoms with Gasteiger partial charge in [0, 0.05) is 34.3 Å². The zero-order valence-corrected chi connectivity index (χ0v) is 34.2. The molecule has 0 aliphatic carbocycles. The molecule has 1 saturated heterocycles. The minimum absolute atomic E-state index is 0.117. The molecular weight excluding hydrogens is 773 g/mol. The maximum Gasteiger partial charge on any atom is 0.266 e. The number of carbonyl (C=O) groups excluding carboxylic acids is 3. The van der Waals surface area contributed by atoms with Crippen molar-refractivity contribution in [1.29, 1.82) is 0 Å². The quantitative estimate of drug-likeness (QED) is 0.130. The van der Waals surface area contributed by atoms with E-state index in [4.69, 9.17) is 21.1 Å². The summed E-state index contributed by atoms with van der Waals surface area (Å²) in [6.45, 7) is 5.30. The van der Waals surface area contributed by atoms with Crippen LogP contribution in [0.4, 0.5) is 21.2 Å². The standard InChI is InChI=1S/C46H43ClFN3O6Si/c1-28-43(58(2,3)48)41(24-42(53)49-26-31-13-5-4-12-30(31)22-34(49)27-52)57-46(28)36-23-32(47)19-20-37(36)50(45(46)55)25-29-11-10-14-33(21-29)51-38-16-7-9-18-40(38)56-39-17-8-6-15-35(39)44(51)54/h4-21,23,28,34,41,43,52H,22,24-27H2,1-3H3/t28-,34-,41+,43-,46+/m0/s1. The lowest BCUT2D eigenvalue weighted by atomic mass is 9.82. The summed E-state index contributed by atoms with van der Waals surface area (Å²) in [7, 11) is -3.59. The molecule has 4 heterocycles. The Morgan fingerprint density at radius 3 is 2.40 bits per heavy atom. The van der Waals surface area contributed by atoms with Gasteiger partial charge in [-0.05, 0) is 90.8 Å². The van der Waals surface area contributed by atoms with Gasteiger partial charge in [0.15, 0.2) is 11.4 Å². The van der Waals surface area contributed by atoms with Crippen molar-refractivity contribution >= 4 is 54.8 Å². The van der Waals surface area contributed by atoms with Crippen LogP contribution in [0.15, 0.2) is 115 Å². The molecule has 0 radical (unpaired) electrons. The van der Waals surface area contributed by atoms with E-state index in [0.717, 1.165) is 16.7 Å². The second-order valence-electron chi connectivity index (χ2n) is 16.2. The molecular formula is C46H43ClFN3O6Si. The van der Waals surface area contributed by atoms with Crippen molar-refractivity contribution in [2.24, 2.45) is 5.92 Å². The Balaban J connectivity index is 1.05. The van der Waals surface area contributed by atoms with Crippen LogP contribution in [-0.4, -0.2) is 54.9 Å². The molecule has 5 atom stereocenters. The van der Waals surface area contributed by atoms with Gasteiger partial charge in [-0.3, -0.25) is 19.3 Å². The number of amides is 3. The Hall–Kier alpha value is -5.33. The first-order valence-corrected chi connectivity index (χ1v) is 23.0. The van der Waals surface area contributed by atoms with Crippen molar-refractivity contribution in [1.82, 2.24) is 4.90 Å². The summed E-state index contributed by atoms with van der Waals surface area (Å²) in [5, 5.41) is 10.7. The van der Waals surface area contributed by atoms with Gasteiger partial charge in [-0.1, -0.05) is 79.2 Å². The van der Waals surface area contributed by atoms with Crippen molar-refractivity contribution in [3.05, 3.63) is 148 Å². The van der Waals surface area contributed by atoms with E-state index in [2.05, 4.69) is 0 Å². The lowest BCUT2D eigenvalue weighted by molar-refractivity contribution is -0.151. The Morgan fingerprint density at radius 2 is 1.62 bits per heavy atom. The first-order chi connectivity index (χ1) is 27.9. The van der Waals surface area contributed by atoms with Gasteiger partial charge in [-0.2, -0.15) is 0 Å². The maximum absolute atomic E-state index is 16.7. The van der Waals surface area contributed by atoms with E-state index in [1.807, 2.05) is 85.8 Å². The number of rotatable bonds is 7. The van der Waals surface area contributed by atoms with Gasteiger partial charge in [-0.15, -0.1) is 0 Å². The van der Waals surface area contributed by atoms with Gasteiger partial charge >= 0.3 is 0 Å². The molecule has 5 aromatic rings. The van der Waals surface area contributed by atoms with Crippen LogP contribution in [0, 0.1) is 5.92 Å². The fourth-order valence-corrected chi connectivity index (χ4v) is 12.4. The number of hydrogen-bond donors (Lipinski definition) is 1. The molecule has 3 amide bonds. The number of nitrogens with zero attached hydrogens (tertiary/aromatic N) is 3. The number of halogens is 2. The molecule has 1 N–H and O–H groups in total. The molecule has 0 aromatic heterocycles. The van der Waals surface area contributed by atoms with Gasteiger partial charge in [0.1, 0.15) is 5.75 Å². The molecule has 0 saturated carbocycles. The Bertz CT molecular complexity index is 2480. The van der Waals surface area contributed by atoms with Crippen LogP contribution in [0.2, 0.25) is 23.7 Å². The molecule has 12 heteroatoms. The van der Waals surface area contributed by atoms with E-state index < -0.39 is 37.6 Å². The van der Waals surface area contributed by atoms with Crippen molar-refractivity contribution in [3.8, 4) is 11.5 Å². The molecule has 4 aliphatic heterocycles. The normalized spacial score (nSPS) is 23.6. The van der Waals surface area contributed by atoms with Crippen LogP contribution in [0.3, 0.4) is 0 Å². The molecule has 58 heavy (non-hydrogen) atoms. The lowest BCUT2D eigenvalue weighted by Crippen LogP contribution is -2.48. The summed E-state index contributed by atoms with van der Waals surface area (Å²) < 4.78 is 29.8. The zero-order valence-electron chi connectivity index (χ0n) is 32.4. The zero-order chi connectivity index (χ0) is 40.5. The third-order valence-electron chi connectivity index (χ3n) is 12.3. The highest BCUT2D eigenvalue weighted by Crippen LogP contribution is 2.61. The van der Waals surface area contributed by atoms with Crippen LogP contribution in [0.25, 0.3) is 0 Å². The molecule has 0 unspecified atom stereocenters. The van der Waals surface area contributed by atoms with Gasteiger partial charge in [0.05, 0.1) is 48.7 Å². The van der Waals surface area contributed by atoms with Crippen LogP contribution < -0.4 is 14.5 Å². The van der Waals surface area contributed by atoms with E-state index in [1.165, 1.54) is 0 Å². The minimum atomic E-state index is -3.59. The fraction of sp³-hybridized carbons (Fsp3) is 0.283. The second-order valence-corrected chi connectivity index (χ2v) is 20.5. The summed E-state index contributed by atoms with van der Waals surface area (Å²) in [6.07, 6.45) is -0.528. The maximum atomic E-state index is 16.7. The Labute approximate surface area is 342 Å². The third-order valence-corrected chi connectivity index (χ3v) is 15.0. The molecule has 4 aliphatic rings. The Kier molecular flexibility index (Phi) is 9.54. The average molecular weight is 816 g/mol. The van der Waals surface area contributed by atoms with E-state index in [0.29, 0.717) is 57.7 Å². The molecule has 0 bridgehead atoms. The number of fused-ring (bicyclic) bond motifs is 5. The first-order valence-electron chi connectivity index (χ1n) is 19.6. The number of ether oxygens (including phenoxy) is 2. The molecule has 5 aromatic carbocycles. The first kappa shape index (κ1) is 38.2. The van der Waals surface area contributed by atoms with Gasteiger partial charge in [-0.25, -0.2) is 0 Å². The minimum Gasteiger partial charge on any atom is -0.454 e. The largest absolute Gasteiger partial charge is 0.454 e. The number of hydrogen-bond acceptors (Lipinski definition) is 6. The second kappa shape index (κ2) is 14.5. The van der Waals surface area contributed by atoms with E-state index in [-0.39, 0.29) is 37.3 Å². The highest BCUT2D eigenvalue weighted by atomic mass is 35.5. The highest BCUT2D eigenvalue weighted by molar-refractivity contribution is 6.72. The average Bonchev–Trinajstić information content (AvgIpc) is 3.58. The van der Waals surface area contributed by atoms with Gasteiger partial charge in [0.25, 0.3) is 11.8 Å². The summed E-state index contributed by atoms with van der Waals surface area (Å²) in [6, 6.07) is 34.6. The van der Waals surface area contributed by atoms with Crippen molar-refractivity contribution in [3.63, 3.8) is 0 Å². The van der Waals surface area contributed by atoms with Crippen LogP contribution >= 0.6 is 11.6 Å². The van der Waals surface area contributed by atoms with Crippen molar-refractivity contribution in [2.75, 3.05) is 16.4 Å². The number of carbonyl (C=O) groups is 3. The summed E-state index contributed by atoms with van der Waals surface area (Å²) in [4.78, 5) is 48.6. The molecule has 1 spiro atoms. The molecule has 9 rings (SSSR count). The highest BCUT2D eigenvalue weighted by Gasteiger charge is 2.67. The van der Waals surface area contributed by atoms with Crippen LogP contribution in [0.5, 0.6) is 11.5 Å². The molecule has 296 valence electrons. The van der Waals surface area contributed by atoms with E-state index in [9.17, 15) is 14.7 Å². The number of anilines is 3. The van der Waals surface area contributed by atoms with Crippen molar-refractivity contribution in [2.45, 2.75) is 69.2 Å². The number of aliphatic hydroxyl groups is 1. The topological polar surface area (TPSA) is 99.6 Å². The van der Waals surface area contributed by atoms with E-state index in [1.54, 1.807) is 64.2 Å². The van der Waals surface area contributed by atoms with Gasteiger partial charge in [0.2, 0.25) is 14.3 Å². The molecule has 1 fully saturated rings. The predicted molar refractivity (Wildman–Crippen MR) is 223 cm³/mol. The van der Waals surface area contributed by atoms with Crippen molar-refractivity contribution < 1.29 is 33.1 Å². The SMILES string of the molecule is C[C@H]1[C@H]([Si](C)(C)F)[C@@H](CC(=O)N2Cc3ccccc3C[C@H]2CO)O[C@]12C(=O)N(Cc1cccc(N3C(=O)c4ccccc4Oc4ccccc43)c1)c1ccc(Cl)cc12. The summed E-state index contributed by atoms with van der Waals surface area (Å²) in [5.74, 6) is -0.528. The predicted octanol–water partition coefficient (Wildman–Crippen LogP) is 9.08. The third kappa shape index (κ3) is 6.23. The number of benzene rings is 5. The number of para-hydroxylation sites is 3. The lowest BCUT2D eigenvalue weighted by Gasteiger charge is -2.37. The van der Waals surface area contributed by atoms with Gasteiger partial charge < -0.3 is 28.5 Å². The van der Waals surface area contributed by atoms with E-state index >= 15 is 8.90 Å². The summed E-state index contributed by atoms with van der Waals surface area (Å²) in [5.41, 5.74) is 3.22. The molecule has 9 nitrogen and oxygen atoms in total. The monoisotopic (exact) mass is 815 g/mol. The Morgan fingerprint density at radius 1 is 0.897 bits per heavy atom. The fourth-order valence-electron chi connectivity index (χ4n) is 9.75. The van der Waals surface area contributed by atoms with Crippen LogP contribution in [-0.2, 0) is 39.4 Å². The smallest absolute Gasteiger partial charge is 0.266 e. The van der Waals surface area contributed by atoms with Crippen LogP contribution in [0.1, 0.15) is 46.0 Å². The number of aliphatic hydroxyl groups excluding tert-OH is 1.